The molecular formula is C18H26ClN3O. The lowest BCUT2D eigenvalue weighted by Crippen LogP contribution is -2.43. The van der Waals surface area contributed by atoms with Crippen molar-refractivity contribution in [3.05, 3.63) is 28.8 Å². The first-order chi connectivity index (χ1) is 11.1. The number of rotatable bonds is 4. The zero-order chi connectivity index (χ0) is 16.2. The third-order valence-corrected chi connectivity index (χ3v) is 5.49. The normalized spacial score (nSPS) is 20.7. The van der Waals surface area contributed by atoms with Crippen LogP contribution in [0.25, 0.3) is 0 Å². The molecule has 2 fully saturated rings. The molecule has 1 aromatic carbocycles. The van der Waals surface area contributed by atoms with Crippen LogP contribution in [0.1, 0.15) is 44.1 Å². The van der Waals surface area contributed by atoms with Gasteiger partial charge in [-0.1, -0.05) is 24.4 Å². The number of piperidine rings is 1. The first-order valence-corrected chi connectivity index (χ1v) is 9.06. The van der Waals surface area contributed by atoms with Crippen molar-refractivity contribution in [3.63, 3.8) is 0 Å². The Hall–Kier alpha value is -1.26. The lowest BCUT2D eigenvalue weighted by atomic mass is 9.95. The Morgan fingerprint density at radius 2 is 1.91 bits per heavy atom. The van der Waals surface area contributed by atoms with Gasteiger partial charge in [0, 0.05) is 29.2 Å². The van der Waals surface area contributed by atoms with Crippen molar-refractivity contribution >= 4 is 23.2 Å². The SMILES string of the molecule is Nc1ccc(Cl)c(CN2CCC(C(=O)NC3CCCC3)CC2)c1. The summed E-state index contributed by atoms with van der Waals surface area (Å²) in [5, 5.41) is 4.00. The summed E-state index contributed by atoms with van der Waals surface area (Å²) in [4.78, 5) is 14.7. The summed E-state index contributed by atoms with van der Waals surface area (Å²) in [5.74, 6) is 0.432. The van der Waals surface area contributed by atoms with E-state index in [2.05, 4.69) is 10.2 Å². The highest BCUT2D eigenvalue weighted by molar-refractivity contribution is 6.31. The molecule has 1 saturated carbocycles. The Kier molecular flexibility index (Phi) is 5.44. The molecule has 0 bridgehead atoms. The minimum Gasteiger partial charge on any atom is -0.399 e. The fourth-order valence-electron chi connectivity index (χ4n) is 3.70. The number of nitrogens with two attached hydrogens (primary N) is 1. The summed E-state index contributed by atoms with van der Waals surface area (Å²) in [5.41, 5.74) is 7.66. The Morgan fingerprint density at radius 1 is 1.22 bits per heavy atom. The third kappa shape index (κ3) is 4.39. The number of carbonyl (C=O) groups is 1. The van der Waals surface area contributed by atoms with Gasteiger partial charge in [-0.25, -0.2) is 0 Å². The van der Waals surface area contributed by atoms with Gasteiger partial charge in [-0.05, 0) is 62.5 Å². The average Bonchev–Trinajstić information content (AvgIpc) is 3.04. The maximum Gasteiger partial charge on any atom is 0.223 e. The molecule has 0 aromatic heterocycles. The number of anilines is 1. The molecule has 1 aromatic rings. The molecule has 5 heteroatoms. The minimum absolute atomic E-state index is 0.170. The molecule has 126 valence electrons. The van der Waals surface area contributed by atoms with Crippen LogP contribution in [0.5, 0.6) is 0 Å². The topological polar surface area (TPSA) is 58.4 Å². The maximum absolute atomic E-state index is 12.4. The monoisotopic (exact) mass is 335 g/mol. The number of nitrogens with one attached hydrogen (secondary N) is 1. The zero-order valence-corrected chi connectivity index (χ0v) is 14.3. The second kappa shape index (κ2) is 7.54. The van der Waals surface area contributed by atoms with E-state index in [0.717, 1.165) is 61.6 Å². The first-order valence-electron chi connectivity index (χ1n) is 8.68. The second-order valence-electron chi connectivity index (χ2n) is 6.89. The number of likely N-dealkylation sites (tertiary alicyclic amines) is 1. The molecule has 0 spiro atoms. The summed E-state index contributed by atoms with van der Waals surface area (Å²) >= 11 is 6.24. The number of hydrogen-bond donors (Lipinski definition) is 2. The van der Waals surface area contributed by atoms with Gasteiger partial charge in [0.05, 0.1) is 0 Å². The van der Waals surface area contributed by atoms with Gasteiger partial charge in [-0.15, -0.1) is 0 Å². The number of benzene rings is 1. The second-order valence-corrected chi connectivity index (χ2v) is 7.30. The third-order valence-electron chi connectivity index (χ3n) is 5.12. The molecule has 23 heavy (non-hydrogen) atoms. The first kappa shape index (κ1) is 16.6. The van der Waals surface area contributed by atoms with Crippen LogP contribution >= 0.6 is 11.6 Å². The van der Waals surface area contributed by atoms with Crippen molar-refractivity contribution in [2.45, 2.75) is 51.1 Å². The molecule has 0 unspecified atom stereocenters. The molecule has 1 saturated heterocycles. The summed E-state index contributed by atoms with van der Waals surface area (Å²) in [7, 11) is 0. The van der Waals surface area contributed by atoms with Crippen LogP contribution in [0.15, 0.2) is 18.2 Å². The Bertz CT molecular complexity index is 549. The minimum atomic E-state index is 0.170. The largest absolute Gasteiger partial charge is 0.399 e. The summed E-state index contributed by atoms with van der Waals surface area (Å²) in [6.45, 7) is 2.68. The van der Waals surface area contributed by atoms with Crippen molar-refractivity contribution in [2.24, 2.45) is 5.92 Å². The van der Waals surface area contributed by atoms with E-state index in [0.29, 0.717) is 6.04 Å². The van der Waals surface area contributed by atoms with Crippen molar-refractivity contribution in [3.8, 4) is 0 Å². The van der Waals surface area contributed by atoms with Crippen LogP contribution in [0.3, 0.4) is 0 Å². The molecule has 0 atom stereocenters. The van der Waals surface area contributed by atoms with Gasteiger partial charge in [0.1, 0.15) is 0 Å². The highest BCUT2D eigenvalue weighted by Crippen LogP contribution is 2.25. The van der Waals surface area contributed by atoms with Gasteiger partial charge >= 0.3 is 0 Å². The molecule has 0 radical (unpaired) electrons. The average molecular weight is 336 g/mol. The Morgan fingerprint density at radius 3 is 2.61 bits per heavy atom. The number of halogens is 1. The predicted octanol–water partition coefficient (Wildman–Crippen LogP) is 3.19. The molecule has 3 N–H and O–H groups in total. The van der Waals surface area contributed by atoms with E-state index in [1.165, 1.54) is 12.8 Å². The van der Waals surface area contributed by atoms with Crippen molar-refractivity contribution < 1.29 is 4.79 Å². The van der Waals surface area contributed by atoms with E-state index >= 15 is 0 Å². The van der Waals surface area contributed by atoms with Crippen LogP contribution in [-0.2, 0) is 11.3 Å². The zero-order valence-electron chi connectivity index (χ0n) is 13.6. The van der Waals surface area contributed by atoms with Crippen LogP contribution in [0.2, 0.25) is 5.02 Å². The molecule has 1 aliphatic heterocycles. The van der Waals surface area contributed by atoms with E-state index in [-0.39, 0.29) is 11.8 Å². The highest BCUT2D eigenvalue weighted by atomic mass is 35.5. The molecule has 4 nitrogen and oxygen atoms in total. The molecule has 1 heterocycles. The van der Waals surface area contributed by atoms with Gasteiger partial charge in [0.15, 0.2) is 0 Å². The quantitative estimate of drug-likeness (QED) is 0.831. The van der Waals surface area contributed by atoms with Crippen molar-refractivity contribution in [1.29, 1.82) is 0 Å². The van der Waals surface area contributed by atoms with Gasteiger partial charge < -0.3 is 11.1 Å². The summed E-state index contributed by atoms with van der Waals surface area (Å²) < 4.78 is 0. The number of nitrogen functional groups attached to an aromatic ring is 1. The molecule has 3 rings (SSSR count). The van der Waals surface area contributed by atoms with Gasteiger partial charge in [-0.2, -0.15) is 0 Å². The van der Waals surface area contributed by atoms with E-state index in [1.54, 1.807) is 0 Å². The van der Waals surface area contributed by atoms with Crippen LogP contribution in [0.4, 0.5) is 5.69 Å². The standard InChI is InChI=1S/C18H26ClN3O/c19-17-6-5-15(20)11-14(17)12-22-9-7-13(8-10-22)18(23)21-16-3-1-2-4-16/h5-6,11,13,16H,1-4,7-10,12,20H2,(H,21,23). The lowest BCUT2D eigenvalue weighted by Gasteiger charge is -2.32. The van der Waals surface area contributed by atoms with Gasteiger partial charge in [0.2, 0.25) is 5.91 Å². The number of nitrogens with zero attached hydrogens (tertiary/aromatic N) is 1. The fraction of sp³-hybridized carbons (Fsp3) is 0.611. The van der Waals surface area contributed by atoms with Crippen LogP contribution in [0, 0.1) is 5.92 Å². The fourth-order valence-corrected chi connectivity index (χ4v) is 3.88. The van der Waals surface area contributed by atoms with E-state index in [4.69, 9.17) is 17.3 Å². The van der Waals surface area contributed by atoms with Crippen molar-refractivity contribution in [2.75, 3.05) is 18.8 Å². The van der Waals surface area contributed by atoms with E-state index < -0.39 is 0 Å². The highest BCUT2D eigenvalue weighted by Gasteiger charge is 2.27. The molecule has 1 aliphatic carbocycles. The van der Waals surface area contributed by atoms with Crippen LogP contribution in [-0.4, -0.2) is 29.9 Å². The van der Waals surface area contributed by atoms with Gasteiger partial charge in [0.25, 0.3) is 0 Å². The number of carbonyl (C=O) groups excluding carboxylic acids is 1. The van der Waals surface area contributed by atoms with Gasteiger partial charge in [-0.3, -0.25) is 9.69 Å². The number of amides is 1. The Labute approximate surface area is 143 Å². The lowest BCUT2D eigenvalue weighted by molar-refractivity contribution is -0.127. The van der Waals surface area contributed by atoms with Crippen molar-refractivity contribution in [1.82, 2.24) is 10.2 Å². The predicted molar refractivity (Wildman–Crippen MR) is 94.3 cm³/mol. The Balaban J connectivity index is 1.48. The summed E-state index contributed by atoms with van der Waals surface area (Å²) in [6.07, 6.45) is 6.67. The maximum atomic E-state index is 12.4. The van der Waals surface area contributed by atoms with Crippen LogP contribution < -0.4 is 11.1 Å². The van der Waals surface area contributed by atoms with E-state index in [1.807, 2.05) is 18.2 Å². The molecular weight excluding hydrogens is 310 g/mol. The smallest absolute Gasteiger partial charge is 0.223 e. The molecule has 1 amide bonds. The van der Waals surface area contributed by atoms with E-state index in [9.17, 15) is 4.79 Å². The number of hydrogen-bond acceptors (Lipinski definition) is 3. The molecule has 2 aliphatic rings. The summed E-state index contributed by atoms with van der Waals surface area (Å²) in [6, 6.07) is 6.05.